The van der Waals surface area contributed by atoms with E-state index in [0.29, 0.717) is 12.0 Å². The Morgan fingerprint density at radius 3 is 2.25 bits per heavy atom. The van der Waals surface area contributed by atoms with Crippen molar-refractivity contribution >= 4 is 6.29 Å². The molecule has 0 amide bonds. The lowest BCUT2D eigenvalue weighted by atomic mass is 10.1. The average molecular weight is 109 g/mol. The number of hydrogen-bond donors (Lipinski definition) is 0. The van der Waals surface area contributed by atoms with E-state index in [1.165, 1.54) is 0 Å². The number of rotatable bonds is 3. The van der Waals surface area contributed by atoms with Crippen LogP contribution in [-0.4, -0.2) is 6.29 Å². The fourth-order valence-electron chi connectivity index (χ4n) is 0.400. The van der Waals surface area contributed by atoms with Crippen LogP contribution in [0.4, 0.5) is 0 Å². The molecule has 43 valence electrons. The van der Waals surface area contributed by atoms with Crippen LogP contribution in [0.15, 0.2) is 24.3 Å². The summed E-state index contributed by atoms with van der Waals surface area (Å²) < 4.78 is 0. The molecule has 8 heavy (non-hydrogen) atoms. The highest BCUT2D eigenvalue weighted by Gasteiger charge is 1.90. The summed E-state index contributed by atoms with van der Waals surface area (Å²) in [6.07, 6.45) is 2.26. The van der Waals surface area contributed by atoms with Gasteiger partial charge in [-0.05, 0) is 13.3 Å². The molecule has 0 aliphatic carbocycles. The van der Waals surface area contributed by atoms with Gasteiger partial charge in [0.2, 0.25) is 6.29 Å². The van der Waals surface area contributed by atoms with Crippen molar-refractivity contribution in [2.24, 2.45) is 0 Å². The van der Waals surface area contributed by atoms with Gasteiger partial charge in [-0.15, -0.1) is 0 Å². The summed E-state index contributed by atoms with van der Waals surface area (Å²) in [4.78, 5) is 9.77. The van der Waals surface area contributed by atoms with Crippen molar-refractivity contribution in [2.45, 2.75) is 13.3 Å². The van der Waals surface area contributed by atoms with Crippen LogP contribution in [0.3, 0.4) is 0 Å². The standard InChI is InChI=1S/C7H9O/c1-6(2)4-7(3)5-8/h1,3-4H2,2H3. The van der Waals surface area contributed by atoms with Gasteiger partial charge in [0.1, 0.15) is 0 Å². The van der Waals surface area contributed by atoms with Crippen molar-refractivity contribution in [3.8, 4) is 0 Å². The Labute approximate surface area is 49.7 Å². The van der Waals surface area contributed by atoms with Crippen LogP contribution in [0.1, 0.15) is 13.3 Å². The van der Waals surface area contributed by atoms with Gasteiger partial charge in [0.05, 0.1) is 0 Å². The molecule has 1 heteroatoms. The van der Waals surface area contributed by atoms with Crippen molar-refractivity contribution in [1.82, 2.24) is 0 Å². The van der Waals surface area contributed by atoms with E-state index in [0.717, 1.165) is 5.57 Å². The molecule has 0 saturated heterocycles. The minimum absolute atomic E-state index is 0.470. The monoisotopic (exact) mass is 109 g/mol. The zero-order valence-corrected chi connectivity index (χ0v) is 5.03. The maximum Gasteiger partial charge on any atom is 0.228 e. The van der Waals surface area contributed by atoms with Gasteiger partial charge < -0.3 is 0 Å². The van der Waals surface area contributed by atoms with E-state index in [2.05, 4.69) is 13.2 Å². The fraction of sp³-hybridized carbons (Fsp3) is 0.286. The predicted octanol–water partition coefficient (Wildman–Crippen LogP) is 1.62. The van der Waals surface area contributed by atoms with Gasteiger partial charge in [-0.1, -0.05) is 18.7 Å². The minimum atomic E-state index is 0.470. The van der Waals surface area contributed by atoms with Crippen molar-refractivity contribution < 1.29 is 4.79 Å². The molecular weight excluding hydrogens is 100 g/mol. The summed E-state index contributed by atoms with van der Waals surface area (Å²) in [6.45, 7) is 8.88. The zero-order valence-electron chi connectivity index (χ0n) is 5.03. The summed E-state index contributed by atoms with van der Waals surface area (Å²) in [5.41, 5.74) is 1.41. The summed E-state index contributed by atoms with van der Waals surface area (Å²) in [5, 5.41) is 0. The van der Waals surface area contributed by atoms with Crippen LogP contribution in [0.25, 0.3) is 0 Å². The zero-order chi connectivity index (χ0) is 6.57. The first-order valence-electron chi connectivity index (χ1n) is 2.37. The summed E-state index contributed by atoms with van der Waals surface area (Å²) in [7, 11) is 0. The van der Waals surface area contributed by atoms with Crippen LogP contribution in [-0.2, 0) is 4.79 Å². The normalized spacial score (nSPS) is 8.12. The molecule has 1 nitrogen and oxygen atoms in total. The molecular formula is C7H9O. The van der Waals surface area contributed by atoms with Gasteiger partial charge in [-0.3, -0.25) is 4.79 Å². The smallest absolute Gasteiger partial charge is 0.228 e. The molecule has 0 aliphatic heterocycles. The lowest BCUT2D eigenvalue weighted by Crippen LogP contribution is -1.81. The molecule has 0 bridgehead atoms. The van der Waals surface area contributed by atoms with Crippen LogP contribution >= 0.6 is 0 Å². The Bertz CT molecular complexity index is 122. The van der Waals surface area contributed by atoms with Gasteiger partial charge >= 0.3 is 0 Å². The molecule has 0 N–H and O–H groups in total. The highest BCUT2D eigenvalue weighted by molar-refractivity contribution is 5.73. The molecule has 0 aromatic carbocycles. The van der Waals surface area contributed by atoms with Gasteiger partial charge in [-0.25, -0.2) is 0 Å². The fourth-order valence-corrected chi connectivity index (χ4v) is 0.400. The van der Waals surface area contributed by atoms with Crippen molar-refractivity contribution in [1.29, 1.82) is 0 Å². The Hall–Kier alpha value is -0.850. The molecule has 0 atom stereocenters. The Morgan fingerprint density at radius 1 is 1.62 bits per heavy atom. The van der Waals surface area contributed by atoms with E-state index in [1.54, 1.807) is 6.29 Å². The lowest BCUT2D eigenvalue weighted by molar-refractivity contribution is 0.561. The molecule has 0 spiro atoms. The summed E-state index contributed by atoms with van der Waals surface area (Å²) >= 11 is 0. The second-order valence-electron chi connectivity index (χ2n) is 1.84. The van der Waals surface area contributed by atoms with Gasteiger partial charge in [0.15, 0.2) is 0 Å². The first kappa shape index (κ1) is 7.15. The van der Waals surface area contributed by atoms with Crippen LogP contribution in [0, 0.1) is 0 Å². The molecule has 0 saturated carbocycles. The summed E-state index contributed by atoms with van der Waals surface area (Å²) in [6, 6.07) is 0. The van der Waals surface area contributed by atoms with E-state index in [4.69, 9.17) is 0 Å². The highest BCUT2D eigenvalue weighted by atomic mass is 16.1. The Balaban J connectivity index is 3.55. The van der Waals surface area contributed by atoms with E-state index in [-0.39, 0.29) is 0 Å². The van der Waals surface area contributed by atoms with E-state index >= 15 is 0 Å². The van der Waals surface area contributed by atoms with E-state index in [1.807, 2.05) is 6.92 Å². The molecule has 0 unspecified atom stereocenters. The maximum atomic E-state index is 9.77. The SMILES string of the molecule is C=C(C)CC(=C)[C]=O. The molecule has 0 heterocycles. The van der Waals surface area contributed by atoms with E-state index < -0.39 is 0 Å². The maximum absolute atomic E-state index is 9.77. The van der Waals surface area contributed by atoms with Gasteiger partial charge in [0, 0.05) is 5.57 Å². The first-order chi connectivity index (χ1) is 3.66. The highest BCUT2D eigenvalue weighted by Crippen LogP contribution is 2.01. The topological polar surface area (TPSA) is 17.1 Å². The van der Waals surface area contributed by atoms with Gasteiger partial charge in [0.25, 0.3) is 0 Å². The molecule has 0 aromatic heterocycles. The lowest BCUT2D eigenvalue weighted by Gasteiger charge is -1.91. The second kappa shape index (κ2) is 3.19. The van der Waals surface area contributed by atoms with Crippen LogP contribution in [0.5, 0.6) is 0 Å². The Morgan fingerprint density at radius 2 is 2.12 bits per heavy atom. The molecule has 0 rings (SSSR count). The molecule has 0 aromatic rings. The second-order valence-corrected chi connectivity index (χ2v) is 1.84. The third kappa shape index (κ3) is 3.34. The third-order valence-corrected chi connectivity index (χ3v) is 0.660. The number of allylic oxidation sites excluding steroid dienone is 2. The van der Waals surface area contributed by atoms with Crippen molar-refractivity contribution in [3.05, 3.63) is 24.3 Å². The van der Waals surface area contributed by atoms with Crippen molar-refractivity contribution in [3.63, 3.8) is 0 Å². The molecule has 0 fully saturated rings. The van der Waals surface area contributed by atoms with Gasteiger partial charge in [-0.2, -0.15) is 0 Å². The third-order valence-electron chi connectivity index (χ3n) is 0.660. The summed E-state index contributed by atoms with van der Waals surface area (Å²) in [5.74, 6) is 0. The van der Waals surface area contributed by atoms with Crippen molar-refractivity contribution in [2.75, 3.05) is 0 Å². The van der Waals surface area contributed by atoms with Crippen LogP contribution < -0.4 is 0 Å². The Kier molecular flexibility index (Phi) is 2.85. The predicted molar refractivity (Wildman–Crippen MR) is 34.3 cm³/mol. The van der Waals surface area contributed by atoms with Crippen LogP contribution in [0.2, 0.25) is 0 Å². The number of carbonyl (C=O) groups excluding carboxylic acids is 1. The molecule has 1 radical (unpaired) electrons. The number of hydrogen-bond acceptors (Lipinski definition) is 1. The first-order valence-corrected chi connectivity index (χ1v) is 2.37. The molecule has 0 aliphatic rings. The quantitative estimate of drug-likeness (QED) is 0.397. The van der Waals surface area contributed by atoms with E-state index in [9.17, 15) is 4.79 Å². The largest absolute Gasteiger partial charge is 0.285 e. The average Bonchev–Trinajstić information content (AvgIpc) is 1.65. The minimum Gasteiger partial charge on any atom is -0.285 e.